The number of ether oxygens (including phenoxy) is 1. The van der Waals surface area contributed by atoms with Crippen LogP contribution in [0.25, 0.3) is 0 Å². The topological polar surface area (TPSA) is 55.4 Å². The van der Waals surface area contributed by atoms with Crippen molar-refractivity contribution in [1.29, 1.82) is 0 Å². The molecule has 0 spiro atoms. The van der Waals surface area contributed by atoms with E-state index in [0.29, 0.717) is 6.42 Å². The van der Waals surface area contributed by atoms with Crippen molar-refractivity contribution >= 4 is 11.9 Å². The summed E-state index contributed by atoms with van der Waals surface area (Å²) in [5.74, 6) is -0.172. The van der Waals surface area contributed by atoms with Gasteiger partial charge < -0.3 is 10.1 Å². The van der Waals surface area contributed by atoms with Crippen molar-refractivity contribution in [3.63, 3.8) is 0 Å². The molecule has 0 aliphatic heterocycles. The van der Waals surface area contributed by atoms with Gasteiger partial charge in [-0.15, -0.1) is 0 Å². The number of hydrogen-bond acceptors (Lipinski definition) is 3. The van der Waals surface area contributed by atoms with Crippen LogP contribution in [-0.4, -0.2) is 25.0 Å². The highest BCUT2D eigenvalue weighted by atomic mass is 16.5. The van der Waals surface area contributed by atoms with Crippen molar-refractivity contribution in [1.82, 2.24) is 5.32 Å². The highest BCUT2D eigenvalue weighted by molar-refractivity contribution is 5.76. The minimum atomic E-state index is -0.269. The van der Waals surface area contributed by atoms with Crippen LogP contribution in [0, 0.1) is 0 Å². The molecule has 1 amide bonds. The maximum absolute atomic E-state index is 12.3. The van der Waals surface area contributed by atoms with Crippen LogP contribution < -0.4 is 5.32 Å². The van der Waals surface area contributed by atoms with E-state index < -0.39 is 0 Å². The molecule has 1 N–H and O–H groups in total. The minimum Gasteiger partial charge on any atom is -0.462 e. The fourth-order valence-corrected chi connectivity index (χ4v) is 4.37. The van der Waals surface area contributed by atoms with Gasteiger partial charge in [-0.1, -0.05) is 129 Å². The first-order chi connectivity index (χ1) is 16.1. The van der Waals surface area contributed by atoms with E-state index in [4.69, 9.17) is 4.74 Å². The Morgan fingerprint density at radius 3 is 1.42 bits per heavy atom. The maximum atomic E-state index is 12.3. The van der Waals surface area contributed by atoms with E-state index in [9.17, 15) is 9.59 Å². The van der Waals surface area contributed by atoms with Gasteiger partial charge in [0.25, 0.3) is 0 Å². The largest absolute Gasteiger partial charge is 0.462 e. The van der Waals surface area contributed by atoms with E-state index in [1.54, 1.807) is 7.05 Å². The summed E-state index contributed by atoms with van der Waals surface area (Å²) in [7, 11) is 1.64. The summed E-state index contributed by atoms with van der Waals surface area (Å²) in [4.78, 5) is 24.1. The second-order valence-electron chi connectivity index (χ2n) is 9.89. The molecule has 0 radical (unpaired) electrons. The van der Waals surface area contributed by atoms with Gasteiger partial charge in [-0.25, -0.2) is 0 Å². The van der Waals surface area contributed by atoms with E-state index >= 15 is 0 Å². The van der Waals surface area contributed by atoms with Gasteiger partial charge in [0, 0.05) is 13.5 Å². The lowest BCUT2D eigenvalue weighted by atomic mass is 10.0. The van der Waals surface area contributed by atoms with Gasteiger partial charge in [0.1, 0.15) is 6.10 Å². The lowest BCUT2D eigenvalue weighted by molar-refractivity contribution is -0.150. The predicted octanol–water partition coefficient (Wildman–Crippen LogP) is 8.66. The smallest absolute Gasteiger partial charge is 0.306 e. The molecule has 196 valence electrons. The lowest BCUT2D eigenvalue weighted by Crippen LogP contribution is -2.27. The van der Waals surface area contributed by atoms with E-state index in [1.165, 1.54) is 103 Å². The Kier molecular flexibility index (Phi) is 24.7. The third-order valence-corrected chi connectivity index (χ3v) is 6.60. The van der Waals surface area contributed by atoms with Crippen LogP contribution in [0.5, 0.6) is 0 Å². The highest BCUT2D eigenvalue weighted by Gasteiger charge is 2.17. The molecule has 0 saturated heterocycles. The molecule has 1 atom stereocenters. The van der Waals surface area contributed by atoms with Crippen molar-refractivity contribution < 1.29 is 14.3 Å². The summed E-state index contributed by atoms with van der Waals surface area (Å²) >= 11 is 0. The molecule has 0 bridgehead atoms. The molecule has 0 unspecified atom stereocenters. The first-order valence-electron chi connectivity index (χ1n) is 14.5. The number of carbonyl (C=O) groups excluding carboxylic acids is 2. The third kappa shape index (κ3) is 23.9. The molecular weight excluding hydrogens is 410 g/mol. The summed E-state index contributed by atoms with van der Waals surface area (Å²) in [6.45, 7) is 4.51. The predicted molar refractivity (Wildman–Crippen MR) is 141 cm³/mol. The zero-order valence-electron chi connectivity index (χ0n) is 22.6. The fourth-order valence-electron chi connectivity index (χ4n) is 4.37. The Morgan fingerprint density at radius 1 is 0.606 bits per heavy atom. The van der Waals surface area contributed by atoms with Gasteiger partial charge >= 0.3 is 5.97 Å². The van der Waals surface area contributed by atoms with Crippen LogP contribution in [0.3, 0.4) is 0 Å². The Bertz CT molecular complexity index is 439. The van der Waals surface area contributed by atoms with Gasteiger partial charge in [-0.2, -0.15) is 0 Å². The summed E-state index contributed by atoms with van der Waals surface area (Å²) in [6, 6.07) is 0. The van der Waals surface area contributed by atoms with Crippen LogP contribution in [0.1, 0.15) is 162 Å². The number of rotatable bonds is 25. The van der Waals surface area contributed by atoms with Crippen molar-refractivity contribution in [2.75, 3.05) is 7.05 Å². The van der Waals surface area contributed by atoms with Crippen molar-refractivity contribution in [2.24, 2.45) is 0 Å². The van der Waals surface area contributed by atoms with Crippen LogP contribution in [0.4, 0.5) is 0 Å². The number of unbranched alkanes of at least 4 members (excludes halogenated alkanes) is 18. The van der Waals surface area contributed by atoms with E-state index in [0.717, 1.165) is 32.1 Å². The average molecular weight is 468 g/mol. The second-order valence-corrected chi connectivity index (χ2v) is 9.89. The molecule has 0 aliphatic carbocycles. The molecule has 0 fully saturated rings. The Labute approximate surface area is 206 Å². The zero-order chi connectivity index (χ0) is 24.4. The fraction of sp³-hybridized carbons (Fsp3) is 0.931. The van der Waals surface area contributed by atoms with E-state index in [2.05, 4.69) is 19.2 Å². The van der Waals surface area contributed by atoms with Crippen LogP contribution in [-0.2, 0) is 14.3 Å². The maximum Gasteiger partial charge on any atom is 0.306 e. The normalized spacial score (nSPS) is 12.0. The van der Waals surface area contributed by atoms with Crippen molar-refractivity contribution in [2.45, 2.75) is 168 Å². The first kappa shape index (κ1) is 31.9. The molecule has 33 heavy (non-hydrogen) atoms. The van der Waals surface area contributed by atoms with Gasteiger partial charge in [0.05, 0.1) is 6.42 Å². The number of amides is 1. The monoisotopic (exact) mass is 467 g/mol. The zero-order valence-corrected chi connectivity index (χ0v) is 22.6. The second kappa shape index (κ2) is 25.6. The molecule has 0 aromatic heterocycles. The molecule has 0 aromatic rings. The average Bonchev–Trinajstić information content (AvgIpc) is 2.81. The van der Waals surface area contributed by atoms with E-state index in [1.807, 2.05) is 0 Å². The molecule has 0 aliphatic rings. The molecule has 0 aromatic carbocycles. The Hall–Kier alpha value is -1.06. The number of nitrogens with one attached hydrogen (secondary N) is 1. The number of carbonyl (C=O) groups is 2. The van der Waals surface area contributed by atoms with E-state index in [-0.39, 0.29) is 24.4 Å². The van der Waals surface area contributed by atoms with Gasteiger partial charge in [-0.3, -0.25) is 9.59 Å². The molecular formula is C29H57NO3. The van der Waals surface area contributed by atoms with Crippen LogP contribution >= 0.6 is 0 Å². The highest BCUT2D eigenvalue weighted by Crippen LogP contribution is 2.16. The quantitative estimate of drug-likeness (QED) is 0.108. The standard InChI is InChI=1S/C29H57NO3/c1-4-6-8-10-12-14-15-17-19-21-23-25-29(32)33-27(26-28(31)30-3)24-22-20-18-16-13-11-9-7-5-2/h27H,4-26H2,1-3H3,(H,30,31)/t27-/m1/s1. The molecule has 0 heterocycles. The summed E-state index contributed by atoms with van der Waals surface area (Å²) in [5, 5.41) is 2.66. The first-order valence-corrected chi connectivity index (χ1v) is 14.5. The summed E-state index contributed by atoms with van der Waals surface area (Å²) < 4.78 is 5.69. The molecule has 4 heteroatoms. The minimum absolute atomic E-state index is 0.0431. The number of esters is 1. The molecule has 0 saturated carbocycles. The molecule has 4 nitrogen and oxygen atoms in total. The van der Waals surface area contributed by atoms with Crippen LogP contribution in [0.15, 0.2) is 0 Å². The van der Waals surface area contributed by atoms with Gasteiger partial charge in [0.15, 0.2) is 0 Å². The van der Waals surface area contributed by atoms with Crippen LogP contribution in [0.2, 0.25) is 0 Å². The van der Waals surface area contributed by atoms with Gasteiger partial charge in [0.2, 0.25) is 5.91 Å². The molecule has 0 rings (SSSR count). The van der Waals surface area contributed by atoms with Crippen molar-refractivity contribution in [3.8, 4) is 0 Å². The summed E-state index contributed by atoms with van der Waals surface area (Å²) in [6.07, 6.45) is 26.7. The lowest BCUT2D eigenvalue weighted by Gasteiger charge is -2.17. The third-order valence-electron chi connectivity index (χ3n) is 6.60. The van der Waals surface area contributed by atoms with Gasteiger partial charge in [-0.05, 0) is 19.3 Å². The van der Waals surface area contributed by atoms with Crippen molar-refractivity contribution in [3.05, 3.63) is 0 Å². The number of hydrogen-bond donors (Lipinski definition) is 1. The Balaban J connectivity index is 3.82. The summed E-state index contributed by atoms with van der Waals surface area (Å²) in [5.41, 5.74) is 0. The Morgan fingerprint density at radius 2 is 1.00 bits per heavy atom. The SMILES string of the molecule is CCCCCCCCCCCCCC(=O)O[C@H](CCCCCCCCCCC)CC(=O)NC.